The van der Waals surface area contributed by atoms with Gasteiger partial charge < -0.3 is 10.1 Å². The van der Waals surface area contributed by atoms with Gasteiger partial charge in [0.1, 0.15) is 12.4 Å². The fraction of sp³-hybridized carbons (Fsp3) is 0.412. The average Bonchev–Trinajstić information content (AvgIpc) is 3.29. The Labute approximate surface area is 159 Å². The number of hydrogen-bond donors (Lipinski definition) is 1. The molecule has 0 radical (unpaired) electrons. The molecule has 1 aliphatic heterocycles. The van der Waals surface area contributed by atoms with E-state index in [0.29, 0.717) is 23.8 Å². The van der Waals surface area contributed by atoms with Crippen LogP contribution >= 0.6 is 11.3 Å². The number of ether oxygens (including phenoxy) is 1. The van der Waals surface area contributed by atoms with Gasteiger partial charge in [0, 0.05) is 38.5 Å². The van der Waals surface area contributed by atoms with E-state index in [1.807, 2.05) is 18.2 Å². The number of hydrogen-bond acceptors (Lipinski definition) is 7. The molecule has 142 valence electrons. The van der Waals surface area contributed by atoms with Crippen molar-refractivity contribution in [3.63, 3.8) is 0 Å². The molecular weight excluding hydrogens is 371 g/mol. The zero-order valence-corrected chi connectivity index (χ0v) is 15.7. The largest absolute Gasteiger partial charge is 0.473 e. The normalized spacial score (nSPS) is 20.3. The lowest BCUT2D eigenvalue weighted by molar-refractivity contribution is -0.114. The van der Waals surface area contributed by atoms with E-state index in [9.17, 15) is 9.18 Å². The van der Waals surface area contributed by atoms with E-state index in [1.165, 1.54) is 13.3 Å². The van der Waals surface area contributed by atoms with Crippen molar-refractivity contribution in [1.29, 1.82) is 0 Å². The molecule has 1 fully saturated rings. The van der Waals surface area contributed by atoms with Crippen LogP contribution < -0.4 is 10.1 Å². The highest BCUT2D eigenvalue weighted by atomic mass is 32.1. The van der Waals surface area contributed by atoms with Gasteiger partial charge in [0.15, 0.2) is 10.8 Å². The minimum atomic E-state index is -0.535. The van der Waals surface area contributed by atoms with Crippen molar-refractivity contribution < 1.29 is 13.9 Å². The Morgan fingerprint density at radius 2 is 2.33 bits per heavy atom. The van der Waals surface area contributed by atoms with Crippen molar-refractivity contribution in [2.75, 3.05) is 11.9 Å². The molecule has 27 heavy (non-hydrogen) atoms. The zero-order valence-electron chi connectivity index (χ0n) is 14.9. The second kappa shape index (κ2) is 7.20. The molecular formula is C17H19FN6O2S. The highest BCUT2D eigenvalue weighted by Gasteiger charge is 2.32. The zero-order chi connectivity index (χ0) is 19.0. The molecule has 8 nitrogen and oxygen atoms in total. The Morgan fingerprint density at radius 1 is 1.48 bits per heavy atom. The molecule has 4 rings (SSSR count). The molecule has 10 heteroatoms. The Balaban J connectivity index is 1.43. The number of amides is 1. The number of anilines is 1. The first kappa shape index (κ1) is 17.8. The maximum Gasteiger partial charge on any atom is 0.230 e. The number of carbonyl (C=O) groups excluding carboxylic acids is 1. The van der Waals surface area contributed by atoms with Crippen LogP contribution in [0.1, 0.15) is 25.1 Å². The third-order valence-corrected chi connectivity index (χ3v) is 5.43. The maximum atomic E-state index is 14.1. The number of fused-ring (bicyclic) bond motifs is 1. The summed E-state index contributed by atoms with van der Waals surface area (Å²) < 4.78 is 21.9. The monoisotopic (exact) mass is 390 g/mol. The fourth-order valence-electron chi connectivity index (χ4n) is 3.25. The molecule has 1 amide bonds. The van der Waals surface area contributed by atoms with Crippen LogP contribution in [0, 0.1) is 5.95 Å². The van der Waals surface area contributed by atoms with E-state index in [-0.39, 0.29) is 23.2 Å². The number of pyridine rings is 1. The Bertz CT molecular complexity index is 973. The lowest BCUT2D eigenvalue weighted by Crippen LogP contribution is -2.28. The first-order valence-corrected chi connectivity index (χ1v) is 9.43. The van der Waals surface area contributed by atoms with E-state index in [4.69, 9.17) is 4.74 Å². The van der Waals surface area contributed by atoms with Crippen molar-refractivity contribution in [2.24, 2.45) is 0 Å². The van der Waals surface area contributed by atoms with Crippen LogP contribution in [0.3, 0.4) is 0 Å². The van der Waals surface area contributed by atoms with Gasteiger partial charge in [-0.3, -0.25) is 9.69 Å². The van der Waals surface area contributed by atoms with E-state index >= 15 is 0 Å². The van der Waals surface area contributed by atoms with Gasteiger partial charge in [-0.05, 0) is 13.0 Å². The molecule has 1 saturated heterocycles. The summed E-state index contributed by atoms with van der Waals surface area (Å²) in [5, 5.41) is 6.99. The van der Waals surface area contributed by atoms with Crippen molar-refractivity contribution in [3.05, 3.63) is 35.4 Å². The molecule has 0 unspecified atom stereocenters. The van der Waals surface area contributed by atoms with Gasteiger partial charge in [-0.2, -0.15) is 19.0 Å². The van der Waals surface area contributed by atoms with Crippen LogP contribution in [0.25, 0.3) is 5.65 Å². The third-order valence-electron chi connectivity index (χ3n) is 4.50. The minimum absolute atomic E-state index is 0.0272. The first-order valence-electron chi connectivity index (χ1n) is 8.62. The summed E-state index contributed by atoms with van der Waals surface area (Å²) in [4.78, 5) is 21.7. The lowest BCUT2D eigenvalue weighted by Gasteiger charge is -2.19. The number of thiazole rings is 1. The van der Waals surface area contributed by atoms with E-state index in [2.05, 4.69) is 32.2 Å². The number of aromatic nitrogens is 4. The number of carbonyl (C=O) groups is 1. The van der Waals surface area contributed by atoms with E-state index in [0.717, 1.165) is 23.4 Å². The minimum Gasteiger partial charge on any atom is -0.473 e. The standard InChI is InChI=1S/C17H19FN6O2S/c1-10-6-12(26-15-5-3-4-14-19-9-20-24(14)15)7-23(10)8-13-16(18)22-17(27-13)21-11(2)25/h3-5,9-10,12H,6-8H2,1-2H3,(H,21,22,25)/t10-,12+/m0/s1. The highest BCUT2D eigenvalue weighted by molar-refractivity contribution is 7.15. The smallest absolute Gasteiger partial charge is 0.230 e. The van der Waals surface area contributed by atoms with Crippen LogP contribution in [0.5, 0.6) is 5.88 Å². The molecule has 0 spiro atoms. The van der Waals surface area contributed by atoms with Crippen LogP contribution in [0.2, 0.25) is 0 Å². The van der Waals surface area contributed by atoms with Gasteiger partial charge in [-0.1, -0.05) is 17.4 Å². The molecule has 2 atom stereocenters. The molecule has 1 N–H and O–H groups in total. The molecule has 4 heterocycles. The summed E-state index contributed by atoms with van der Waals surface area (Å²) in [5.74, 6) is -0.158. The number of rotatable bonds is 5. The molecule has 3 aromatic rings. The van der Waals surface area contributed by atoms with Gasteiger partial charge in [-0.15, -0.1) is 0 Å². The van der Waals surface area contributed by atoms with Crippen LogP contribution in [-0.2, 0) is 11.3 Å². The van der Waals surface area contributed by atoms with Crippen molar-refractivity contribution in [3.8, 4) is 5.88 Å². The highest BCUT2D eigenvalue weighted by Crippen LogP contribution is 2.28. The first-order chi connectivity index (χ1) is 13.0. The summed E-state index contributed by atoms with van der Waals surface area (Å²) >= 11 is 1.16. The predicted molar refractivity (Wildman–Crippen MR) is 98.3 cm³/mol. The SMILES string of the molecule is CC(=O)Nc1nc(F)c(CN2C[C@H](Oc3cccc4ncnn34)C[C@@H]2C)s1. The summed E-state index contributed by atoms with van der Waals surface area (Å²) in [7, 11) is 0. The summed E-state index contributed by atoms with van der Waals surface area (Å²) in [5.41, 5.74) is 0.729. The van der Waals surface area contributed by atoms with Crippen LogP contribution in [0.15, 0.2) is 24.5 Å². The molecule has 1 aliphatic rings. The number of likely N-dealkylation sites (tertiary alicyclic amines) is 1. The Hall–Kier alpha value is -2.59. The number of nitrogens with one attached hydrogen (secondary N) is 1. The number of nitrogens with zero attached hydrogens (tertiary/aromatic N) is 5. The van der Waals surface area contributed by atoms with Gasteiger partial charge in [0.2, 0.25) is 17.7 Å². The van der Waals surface area contributed by atoms with Crippen molar-refractivity contribution in [2.45, 2.75) is 39.0 Å². The molecule has 0 bridgehead atoms. The second-order valence-electron chi connectivity index (χ2n) is 6.56. The average molecular weight is 390 g/mol. The van der Waals surface area contributed by atoms with Crippen molar-refractivity contribution >= 4 is 28.0 Å². The Morgan fingerprint density at radius 3 is 3.15 bits per heavy atom. The summed E-state index contributed by atoms with van der Waals surface area (Å²) in [6, 6.07) is 5.84. The lowest BCUT2D eigenvalue weighted by atomic mass is 10.2. The molecule has 0 aromatic carbocycles. The fourth-order valence-corrected chi connectivity index (χ4v) is 4.17. The van der Waals surface area contributed by atoms with Gasteiger partial charge in [-0.25, -0.2) is 4.98 Å². The third kappa shape index (κ3) is 3.76. The molecule has 0 saturated carbocycles. The van der Waals surface area contributed by atoms with E-state index in [1.54, 1.807) is 4.52 Å². The van der Waals surface area contributed by atoms with E-state index < -0.39 is 5.95 Å². The maximum absolute atomic E-state index is 14.1. The van der Waals surface area contributed by atoms with Gasteiger partial charge in [0.25, 0.3) is 0 Å². The van der Waals surface area contributed by atoms with Crippen molar-refractivity contribution in [1.82, 2.24) is 24.5 Å². The number of halogens is 1. The van der Waals surface area contributed by atoms with Gasteiger partial charge in [0.05, 0.1) is 4.88 Å². The molecule has 3 aromatic heterocycles. The van der Waals surface area contributed by atoms with Crippen LogP contribution in [0.4, 0.5) is 9.52 Å². The quantitative estimate of drug-likeness (QED) is 0.720. The Kier molecular flexibility index (Phi) is 4.75. The van der Waals surface area contributed by atoms with Gasteiger partial charge >= 0.3 is 0 Å². The summed E-state index contributed by atoms with van der Waals surface area (Å²) in [6.45, 7) is 4.56. The predicted octanol–water partition coefficient (Wildman–Crippen LogP) is 2.33. The second-order valence-corrected chi connectivity index (χ2v) is 7.65. The summed E-state index contributed by atoms with van der Waals surface area (Å²) in [6.07, 6.45) is 2.29. The topological polar surface area (TPSA) is 84.7 Å². The molecule has 0 aliphatic carbocycles. The van der Waals surface area contributed by atoms with Crippen LogP contribution in [-0.4, -0.2) is 49.1 Å².